The summed E-state index contributed by atoms with van der Waals surface area (Å²) in [5.41, 5.74) is 0.574. The molecule has 1 aromatic rings. The molecule has 0 saturated carbocycles. The van der Waals surface area contributed by atoms with Gasteiger partial charge in [-0.05, 0) is 31.5 Å². The first kappa shape index (κ1) is 17.1. The Morgan fingerprint density at radius 3 is 2.60 bits per heavy atom. The third kappa shape index (κ3) is 4.27. The maximum Gasteiger partial charge on any atom is 0.251 e. The van der Waals surface area contributed by atoms with Gasteiger partial charge in [-0.3, -0.25) is 4.79 Å². The minimum absolute atomic E-state index is 0.0724. The van der Waals surface area contributed by atoms with Crippen molar-refractivity contribution in [3.05, 3.63) is 27.7 Å². The molecule has 0 saturated heterocycles. The van der Waals surface area contributed by atoms with E-state index in [4.69, 9.17) is 9.88 Å². The number of sulfonamides is 1. The molecule has 20 heavy (non-hydrogen) atoms. The quantitative estimate of drug-likeness (QED) is 0.818. The molecule has 8 heteroatoms. The molecule has 0 bridgehead atoms. The van der Waals surface area contributed by atoms with E-state index in [0.717, 1.165) is 0 Å². The maximum atomic E-state index is 12.1. The fraction of sp³-hybridized carbons (Fsp3) is 0.417. The highest BCUT2D eigenvalue weighted by Crippen LogP contribution is 2.24. The Kier molecular flexibility index (Phi) is 5.69. The summed E-state index contributed by atoms with van der Waals surface area (Å²) in [5, 5.41) is 7.81. The van der Waals surface area contributed by atoms with Crippen LogP contribution in [0, 0.1) is 6.92 Å². The van der Waals surface area contributed by atoms with E-state index >= 15 is 0 Å². The molecule has 0 radical (unpaired) electrons. The normalized spacial score (nSPS) is 13.1. The van der Waals surface area contributed by atoms with E-state index in [1.54, 1.807) is 20.1 Å². The second kappa shape index (κ2) is 6.66. The van der Waals surface area contributed by atoms with Crippen LogP contribution in [0.25, 0.3) is 0 Å². The van der Waals surface area contributed by atoms with Gasteiger partial charge in [0.25, 0.3) is 5.91 Å². The van der Waals surface area contributed by atoms with E-state index in [0.29, 0.717) is 16.6 Å². The first-order chi connectivity index (χ1) is 9.16. The van der Waals surface area contributed by atoms with E-state index in [1.165, 1.54) is 6.07 Å². The van der Waals surface area contributed by atoms with Crippen LogP contribution in [0.15, 0.2) is 21.5 Å². The monoisotopic (exact) mass is 364 g/mol. The molecule has 1 unspecified atom stereocenters. The lowest BCUT2D eigenvalue weighted by Gasteiger charge is -2.14. The zero-order chi connectivity index (χ0) is 15.5. The van der Waals surface area contributed by atoms with Gasteiger partial charge in [0.15, 0.2) is 0 Å². The van der Waals surface area contributed by atoms with Crippen LogP contribution in [0.3, 0.4) is 0 Å². The third-order valence-electron chi connectivity index (χ3n) is 2.83. The van der Waals surface area contributed by atoms with Crippen LogP contribution >= 0.6 is 15.9 Å². The van der Waals surface area contributed by atoms with E-state index in [-0.39, 0.29) is 22.5 Å². The Hall–Kier alpha value is -0.960. The second-order valence-corrected chi connectivity index (χ2v) is 6.82. The number of methoxy groups -OCH3 is 1. The number of rotatable bonds is 5. The molecule has 3 N–H and O–H groups in total. The molecule has 6 nitrogen and oxygen atoms in total. The van der Waals surface area contributed by atoms with E-state index in [2.05, 4.69) is 21.2 Å². The van der Waals surface area contributed by atoms with E-state index < -0.39 is 10.0 Å². The highest BCUT2D eigenvalue weighted by atomic mass is 79.9. The van der Waals surface area contributed by atoms with Gasteiger partial charge >= 0.3 is 0 Å². The number of hydrogen-bond donors (Lipinski definition) is 2. The number of nitrogens with two attached hydrogens (primary N) is 1. The summed E-state index contributed by atoms with van der Waals surface area (Å²) < 4.78 is 28.5. The van der Waals surface area contributed by atoms with Crippen molar-refractivity contribution in [3.8, 4) is 0 Å². The molecule has 1 atom stereocenters. The summed E-state index contributed by atoms with van der Waals surface area (Å²) in [4.78, 5) is 12.0. The molecule has 0 heterocycles. The Morgan fingerprint density at radius 1 is 1.50 bits per heavy atom. The number of halogens is 1. The van der Waals surface area contributed by atoms with Gasteiger partial charge in [0.1, 0.15) is 0 Å². The van der Waals surface area contributed by atoms with Crippen LogP contribution in [0.1, 0.15) is 22.8 Å². The molecule has 0 fully saturated rings. The largest absolute Gasteiger partial charge is 0.380 e. The first-order valence-electron chi connectivity index (χ1n) is 5.80. The number of ether oxygens (including phenoxy) is 1. The fourth-order valence-corrected chi connectivity index (χ4v) is 3.04. The molecule has 1 aromatic carbocycles. The molecule has 0 aliphatic rings. The van der Waals surface area contributed by atoms with Crippen molar-refractivity contribution < 1.29 is 17.9 Å². The second-order valence-electron chi connectivity index (χ2n) is 4.38. The van der Waals surface area contributed by atoms with Crippen molar-refractivity contribution in [1.29, 1.82) is 0 Å². The highest BCUT2D eigenvalue weighted by molar-refractivity contribution is 9.10. The van der Waals surface area contributed by atoms with Crippen LogP contribution < -0.4 is 10.5 Å². The van der Waals surface area contributed by atoms with Crippen molar-refractivity contribution in [3.63, 3.8) is 0 Å². The number of amides is 1. The molecule has 0 aliphatic heterocycles. The third-order valence-corrected chi connectivity index (χ3v) is 4.32. The van der Waals surface area contributed by atoms with Crippen molar-refractivity contribution in [2.45, 2.75) is 24.8 Å². The van der Waals surface area contributed by atoms with Crippen LogP contribution in [0.4, 0.5) is 0 Å². The van der Waals surface area contributed by atoms with Crippen LogP contribution in [-0.2, 0) is 14.8 Å². The summed E-state index contributed by atoms with van der Waals surface area (Å²) in [5.74, 6) is -0.377. The number of benzene rings is 1. The number of carbonyl (C=O) groups excluding carboxylic acids is 1. The van der Waals surface area contributed by atoms with Gasteiger partial charge in [0.2, 0.25) is 10.0 Å². The summed E-state index contributed by atoms with van der Waals surface area (Å²) in [6.45, 7) is 3.68. The van der Waals surface area contributed by atoms with Gasteiger partial charge in [0, 0.05) is 23.7 Å². The summed E-state index contributed by atoms with van der Waals surface area (Å²) in [6, 6.07) is 2.93. The van der Waals surface area contributed by atoms with Crippen molar-refractivity contribution >= 4 is 31.9 Å². The smallest absolute Gasteiger partial charge is 0.251 e. The zero-order valence-electron chi connectivity index (χ0n) is 11.4. The lowest BCUT2D eigenvalue weighted by atomic mass is 10.1. The van der Waals surface area contributed by atoms with Gasteiger partial charge in [-0.2, -0.15) is 0 Å². The topological polar surface area (TPSA) is 98.5 Å². The minimum atomic E-state index is -3.88. The zero-order valence-corrected chi connectivity index (χ0v) is 13.8. The molecule has 0 aliphatic carbocycles. The van der Waals surface area contributed by atoms with Gasteiger partial charge in [-0.25, -0.2) is 13.6 Å². The lowest BCUT2D eigenvalue weighted by molar-refractivity contribution is 0.0869. The predicted octanol–water partition coefficient (Wildman–Crippen LogP) is 1.17. The van der Waals surface area contributed by atoms with Gasteiger partial charge < -0.3 is 10.1 Å². The Labute approximate surface area is 126 Å². The lowest BCUT2D eigenvalue weighted by Crippen LogP contribution is -2.32. The van der Waals surface area contributed by atoms with Gasteiger partial charge in [-0.15, -0.1) is 0 Å². The molecular formula is C12H17BrN2O4S. The average molecular weight is 365 g/mol. The van der Waals surface area contributed by atoms with Crippen LogP contribution in [0.5, 0.6) is 0 Å². The van der Waals surface area contributed by atoms with Crippen molar-refractivity contribution in [2.24, 2.45) is 5.14 Å². The maximum absolute atomic E-state index is 12.1. The number of carbonyl (C=O) groups is 1. The molecule has 112 valence electrons. The van der Waals surface area contributed by atoms with E-state index in [9.17, 15) is 13.2 Å². The standard InChI is InChI=1S/C12H17BrN2O4S/c1-7(19-3)6-15-12(16)10-4-9(13)5-11(8(10)2)20(14,17)18/h4-5,7H,6H2,1-3H3,(H,15,16)(H2,14,17,18). The molecule has 1 amide bonds. The van der Waals surface area contributed by atoms with E-state index in [1.807, 2.05) is 6.92 Å². The number of primary sulfonamides is 1. The molecular weight excluding hydrogens is 348 g/mol. The first-order valence-corrected chi connectivity index (χ1v) is 8.14. The summed E-state index contributed by atoms with van der Waals surface area (Å²) >= 11 is 3.18. The van der Waals surface area contributed by atoms with Crippen molar-refractivity contribution in [1.82, 2.24) is 5.32 Å². The number of nitrogens with one attached hydrogen (secondary N) is 1. The average Bonchev–Trinajstić information content (AvgIpc) is 2.36. The Balaban J connectivity index is 3.13. The van der Waals surface area contributed by atoms with Crippen molar-refractivity contribution in [2.75, 3.05) is 13.7 Å². The minimum Gasteiger partial charge on any atom is -0.380 e. The predicted molar refractivity (Wildman–Crippen MR) is 79.1 cm³/mol. The Bertz CT molecular complexity index is 616. The van der Waals surface area contributed by atoms with Gasteiger partial charge in [0.05, 0.1) is 11.0 Å². The molecule has 0 spiro atoms. The highest BCUT2D eigenvalue weighted by Gasteiger charge is 2.19. The summed E-state index contributed by atoms with van der Waals surface area (Å²) in [6.07, 6.45) is -0.135. The van der Waals surface area contributed by atoms with Crippen LogP contribution in [0.2, 0.25) is 0 Å². The Morgan fingerprint density at radius 2 is 2.10 bits per heavy atom. The molecule has 1 rings (SSSR count). The summed E-state index contributed by atoms with van der Waals surface area (Å²) in [7, 11) is -2.34. The van der Waals surface area contributed by atoms with Crippen LogP contribution in [-0.4, -0.2) is 34.1 Å². The fourth-order valence-electron chi connectivity index (χ4n) is 1.60. The molecule has 0 aromatic heterocycles. The SMILES string of the molecule is COC(C)CNC(=O)c1cc(Br)cc(S(N)(=O)=O)c1C. The number of hydrogen-bond acceptors (Lipinski definition) is 4. The van der Waals surface area contributed by atoms with Gasteiger partial charge in [-0.1, -0.05) is 15.9 Å².